The normalized spacial score (nSPS) is 11.2. The molecule has 0 fully saturated rings. The standard InChI is InChI=1S/C13H19O2P/c1-3-13(16,4-2)12(14)15-10-11-8-6-5-7-9-11/h5-9H,3-4,10,16H2,1-2H3. The van der Waals surface area contributed by atoms with Gasteiger partial charge >= 0.3 is 5.97 Å². The maximum atomic E-state index is 11.9. The summed E-state index contributed by atoms with van der Waals surface area (Å²) in [6, 6.07) is 9.74. The van der Waals surface area contributed by atoms with Gasteiger partial charge in [-0.1, -0.05) is 44.2 Å². The zero-order valence-corrected chi connectivity index (χ0v) is 11.1. The third-order valence-corrected chi connectivity index (χ3v) is 3.93. The van der Waals surface area contributed by atoms with Gasteiger partial charge in [0.05, 0.1) is 5.16 Å². The average Bonchev–Trinajstić information content (AvgIpc) is 2.36. The van der Waals surface area contributed by atoms with Crippen molar-refractivity contribution in [3.05, 3.63) is 35.9 Å². The summed E-state index contributed by atoms with van der Waals surface area (Å²) < 4.78 is 5.32. The molecule has 0 radical (unpaired) electrons. The first kappa shape index (κ1) is 13.2. The Hall–Kier alpha value is -0.880. The number of carbonyl (C=O) groups is 1. The Morgan fingerprint density at radius 2 is 1.81 bits per heavy atom. The van der Waals surface area contributed by atoms with E-state index in [1.807, 2.05) is 44.2 Å². The second kappa shape index (κ2) is 6.00. The lowest BCUT2D eigenvalue weighted by atomic mass is 10.0. The highest BCUT2D eigenvalue weighted by atomic mass is 31.0. The van der Waals surface area contributed by atoms with E-state index >= 15 is 0 Å². The molecule has 0 aromatic heterocycles. The SMILES string of the molecule is CCC(P)(CC)C(=O)OCc1ccccc1. The van der Waals surface area contributed by atoms with Gasteiger partial charge in [0.15, 0.2) is 0 Å². The molecule has 0 spiro atoms. The Labute approximate surface area is 99.6 Å². The van der Waals surface area contributed by atoms with E-state index in [0.717, 1.165) is 18.4 Å². The quantitative estimate of drug-likeness (QED) is 0.581. The van der Waals surface area contributed by atoms with Crippen molar-refractivity contribution in [3.63, 3.8) is 0 Å². The van der Waals surface area contributed by atoms with E-state index in [9.17, 15) is 4.79 Å². The largest absolute Gasteiger partial charge is 0.460 e. The summed E-state index contributed by atoms with van der Waals surface area (Å²) in [6.45, 7) is 4.36. The van der Waals surface area contributed by atoms with Gasteiger partial charge in [0.1, 0.15) is 6.61 Å². The number of hydrogen-bond donors (Lipinski definition) is 0. The zero-order chi connectivity index (χ0) is 12.0. The summed E-state index contributed by atoms with van der Waals surface area (Å²) in [5.41, 5.74) is 1.02. The van der Waals surface area contributed by atoms with Gasteiger partial charge in [-0.3, -0.25) is 4.79 Å². The van der Waals surface area contributed by atoms with E-state index in [1.54, 1.807) is 0 Å². The summed E-state index contributed by atoms with van der Waals surface area (Å²) in [6.07, 6.45) is 1.56. The Kier molecular flexibility index (Phi) is 4.95. The van der Waals surface area contributed by atoms with Gasteiger partial charge in [0.2, 0.25) is 0 Å². The molecule has 1 atom stereocenters. The molecular formula is C13H19O2P. The monoisotopic (exact) mass is 238 g/mol. The lowest BCUT2D eigenvalue weighted by molar-refractivity contribution is -0.148. The third-order valence-electron chi connectivity index (χ3n) is 2.88. The van der Waals surface area contributed by atoms with Crippen LogP contribution in [-0.4, -0.2) is 11.1 Å². The predicted molar refractivity (Wildman–Crippen MR) is 69.3 cm³/mol. The minimum absolute atomic E-state index is 0.133. The molecule has 0 saturated carbocycles. The van der Waals surface area contributed by atoms with Crippen LogP contribution >= 0.6 is 9.24 Å². The molecule has 1 unspecified atom stereocenters. The van der Waals surface area contributed by atoms with Gasteiger partial charge in [0.25, 0.3) is 0 Å². The molecule has 0 aliphatic carbocycles. The van der Waals surface area contributed by atoms with Gasteiger partial charge < -0.3 is 4.74 Å². The molecule has 1 aromatic rings. The summed E-state index contributed by atoms with van der Waals surface area (Å²) in [5, 5.41) is -0.422. The van der Waals surface area contributed by atoms with E-state index < -0.39 is 5.16 Å². The number of rotatable bonds is 5. The van der Waals surface area contributed by atoms with Crippen molar-refractivity contribution in [2.24, 2.45) is 0 Å². The highest BCUT2D eigenvalue weighted by Crippen LogP contribution is 2.28. The Morgan fingerprint density at radius 1 is 1.25 bits per heavy atom. The Morgan fingerprint density at radius 3 is 2.31 bits per heavy atom. The molecule has 88 valence electrons. The van der Waals surface area contributed by atoms with Crippen LogP contribution in [0.4, 0.5) is 0 Å². The molecule has 3 heteroatoms. The molecule has 16 heavy (non-hydrogen) atoms. The Balaban J connectivity index is 2.53. The topological polar surface area (TPSA) is 26.3 Å². The minimum Gasteiger partial charge on any atom is -0.460 e. The van der Waals surface area contributed by atoms with Gasteiger partial charge in [0, 0.05) is 0 Å². The molecular weight excluding hydrogens is 219 g/mol. The van der Waals surface area contributed by atoms with Crippen LogP contribution in [0.15, 0.2) is 30.3 Å². The second-order valence-electron chi connectivity index (χ2n) is 3.92. The average molecular weight is 238 g/mol. The lowest BCUT2D eigenvalue weighted by Crippen LogP contribution is -2.32. The minimum atomic E-state index is -0.422. The molecule has 0 saturated heterocycles. The van der Waals surface area contributed by atoms with Crippen LogP contribution in [0.2, 0.25) is 0 Å². The number of esters is 1. The first-order valence-electron chi connectivity index (χ1n) is 5.62. The van der Waals surface area contributed by atoms with E-state index in [4.69, 9.17) is 4.74 Å². The summed E-state index contributed by atoms with van der Waals surface area (Å²) in [5.74, 6) is -0.133. The van der Waals surface area contributed by atoms with Crippen molar-refractivity contribution >= 4 is 15.2 Å². The first-order chi connectivity index (χ1) is 7.62. The van der Waals surface area contributed by atoms with Crippen LogP contribution in [0.3, 0.4) is 0 Å². The fourth-order valence-corrected chi connectivity index (χ4v) is 1.49. The lowest BCUT2D eigenvalue weighted by Gasteiger charge is -2.23. The summed E-state index contributed by atoms with van der Waals surface area (Å²) in [7, 11) is 2.62. The molecule has 1 rings (SSSR count). The molecule has 0 bridgehead atoms. The summed E-state index contributed by atoms with van der Waals surface area (Å²) in [4.78, 5) is 11.9. The zero-order valence-electron chi connectivity index (χ0n) is 9.90. The van der Waals surface area contributed by atoms with E-state index in [1.165, 1.54) is 0 Å². The van der Waals surface area contributed by atoms with Crippen LogP contribution in [0, 0.1) is 0 Å². The van der Waals surface area contributed by atoms with Crippen molar-refractivity contribution in [3.8, 4) is 0 Å². The second-order valence-corrected chi connectivity index (χ2v) is 5.03. The highest BCUT2D eigenvalue weighted by Gasteiger charge is 2.31. The van der Waals surface area contributed by atoms with Crippen LogP contribution in [-0.2, 0) is 16.1 Å². The van der Waals surface area contributed by atoms with Crippen molar-refractivity contribution in [2.75, 3.05) is 0 Å². The molecule has 2 nitrogen and oxygen atoms in total. The van der Waals surface area contributed by atoms with E-state index in [2.05, 4.69) is 9.24 Å². The number of benzene rings is 1. The van der Waals surface area contributed by atoms with Crippen LogP contribution in [0.5, 0.6) is 0 Å². The fourth-order valence-electron chi connectivity index (χ4n) is 1.41. The smallest absolute Gasteiger partial charge is 0.316 e. The third kappa shape index (κ3) is 3.31. The van der Waals surface area contributed by atoms with Crippen molar-refractivity contribution < 1.29 is 9.53 Å². The van der Waals surface area contributed by atoms with Crippen molar-refractivity contribution in [2.45, 2.75) is 38.5 Å². The van der Waals surface area contributed by atoms with Crippen LogP contribution < -0.4 is 0 Å². The molecule has 0 aliphatic heterocycles. The van der Waals surface area contributed by atoms with Gasteiger partial charge in [-0.2, -0.15) is 0 Å². The highest BCUT2D eigenvalue weighted by molar-refractivity contribution is 7.21. The van der Waals surface area contributed by atoms with E-state index in [0.29, 0.717) is 6.61 Å². The number of hydrogen-bond acceptors (Lipinski definition) is 2. The molecule has 0 aliphatic rings. The summed E-state index contributed by atoms with van der Waals surface area (Å²) >= 11 is 0. The molecule has 1 aromatic carbocycles. The molecule has 0 amide bonds. The number of carbonyl (C=O) groups excluding carboxylic acids is 1. The van der Waals surface area contributed by atoms with Crippen LogP contribution in [0.25, 0.3) is 0 Å². The molecule has 0 N–H and O–H groups in total. The van der Waals surface area contributed by atoms with Crippen molar-refractivity contribution in [1.82, 2.24) is 0 Å². The maximum Gasteiger partial charge on any atom is 0.316 e. The van der Waals surface area contributed by atoms with Gasteiger partial charge in [-0.05, 0) is 18.4 Å². The van der Waals surface area contributed by atoms with Crippen LogP contribution in [0.1, 0.15) is 32.3 Å². The maximum absolute atomic E-state index is 11.9. The number of ether oxygens (including phenoxy) is 1. The van der Waals surface area contributed by atoms with Crippen molar-refractivity contribution in [1.29, 1.82) is 0 Å². The predicted octanol–water partition coefficient (Wildman–Crippen LogP) is 3.16. The van der Waals surface area contributed by atoms with Gasteiger partial charge in [-0.25, -0.2) is 0 Å². The van der Waals surface area contributed by atoms with Gasteiger partial charge in [-0.15, -0.1) is 9.24 Å². The fraction of sp³-hybridized carbons (Fsp3) is 0.462. The molecule has 0 heterocycles. The van der Waals surface area contributed by atoms with E-state index in [-0.39, 0.29) is 5.97 Å². The Bertz CT molecular complexity index is 331. The first-order valence-corrected chi connectivity index (χ1v) is 6.20.